The Kier molecular flexibility index (Phi) is 9.94. The molecule has 1 atom stereocenters. The number of ether oxygens (including phenoxy) is 2. The number of pyridine rings is 1. The smallest absolute Gasteiger partial charge is 0.237 e. The van der Waals surface area contributed by atoms with Crippen molar-refractivity contribution in [2.45, 2.75) is 63.1 Å². The van der Waals surface area contributed by atoms with E-state index in [9.17, 15) is 4.79 Å². The van der Waals surface area contributed by atoms with E-state index in [0.29, 0.717) is 69.4 Å². The molecule has 2 aromatic carbocycles. The lowest BCUT2D eigenvalue weighted by Crippen LogP contribution is -2.29. The predicted molar refractivity (Wildman–Crippen MR) is 193 cm³/mol. The van der Waals surface area contributed by atoms with Crippen LogP contribution in [0.15, 0.2) is 73.2 Å². The van der Waals surface area contributed by atoms with Crippen LogP contribution in [-0.4, -0.2) is 51.1 Å². The van der Waals surface area contributed by atoms with E-state index in [1.54, 1.807) is 26.6 Å². The molecule has 0 bridgehead atoms. The fourth-order valence-electron chi connectivity index (χ4n) is 6.51. The number of hydrogen-bond acceptors (Lipinski definition) is 9. The first-order chi connectivity index (χ1) is 24.4. The fraction of sp³-hybridized carbons (Fsp3) is 0.316. The molecule has 7 rings (SSSR count). The van der Waals surface area contributed by atoms with Crippen LogP contribution in [0, 0.1) is 0 Å². The Morgan fingerprint density at radius 2 is 1.44 bits per heavy atom. The third-order valence-corrected chi connectivity index (χ3v) is 10.2. The second-order valence-electron chi connectivity index (χ2n) is 12.6. The van der Waals surface area contributed by atoms with Gasteiger partial charge in [0.25, 0.3) is 0 Å². The van der Waals surface area contributed by atoms with Gasteiger partial charge < -0.3 is 20.1 Å². The van der Waals surface area contributed by atoms with Crippen LogP contribution < -0.4 is 20.1 Å². The van der Waals surface area contributed by atoms with Crippen LogP contribution in [-0.2, 0) is 23.3 Å². The molecular weight excluding hydrogens is 673 g/mol. The van der Waals surface area contributed by atoms with Crippen LogP contribution in [0.4, 0.5) is 0 Å². The molecule has 1 aliphatic heterocycles. The van der Waals surface area contributed by atoms with Gasteiger partial charge in [0.1, 0.15) is 11.4 Å². The molecule has 2 aliphatic rings. The number of amides is 1. The van der Waals surface area contributed by atoms with Gasteiger partial charge in [-0.2, -0.15) is 0 Å². The topological polar surface area (TPSA) is 124 Å². The van der Waals surface area contributed by atoms with Crippen molar-refractivity contribution in [3.63, 3.8) is 0 Å². The van der Waals surface area contributed by atoms with Gasteiger partial charge in [-0.3, -0.25) is 19.7 Å². The average Bonchev–Trinajstić information content (AvgIpc) is 3.84. The maximum absolute atomic E-state index is 11.5. The molecule has 5 aromatic rings. The van der Waals surface area contributed by atoms with E-state index in [4.69, 9.17) is 52.6 Å². The van der Waals surface area contributed by atoms with Gasteiger partial charge in [-0.05, 0) is 50.7 Å². The lowest BCUT2D eigenvalue weighted by atomic mass is 9.98. The van der Waals surface area contributed by atoms with E-state index in [1.807, 2.05) is 60.8 Å². The Balaban J connectivity index is 1.11. The van der Waals surface area contributed by atoms with Crippen LogP contribution in [0.2, 0.25) is 10.0 Å². The summed E-state index contributed by atoms with van der Waals surface area (Å²) < 4.78 is 11.3. The number of nitrogens with one attached hydrogen (secondary N) is 2. The molecule has 1 amide bonds. The molecule has 4 heterocycles. The van der Waals surface area contributed by atoms with Gasteiger partial charge in [0.2, 0.25) is 17.7 Å². The quantitative estimate of drug-likeness (QED) is 0.129. The number of rotatable bonds is 13. The monoisotopic (exact) mass is 709 g/mol. The maximum atomic E-state index is 11.5. The van der Waals surface area contributed by atoms with E-state index in [-0.39, 0.29) is 17.5 Å². The minimum atomic E-state index is -0.146. The first-order valence-corrected chi connectivity index (χ1v) is 17.5. The summed E-state index contributed by atoms with van der Waals surface area (Å²) in [5.74, 6) is 1.00. The molecule has 1 saturated carbocycles. The number of benzene rings is 2. The molecule has 0 radical (unpaired) electrons. The Bertz CT molecular complexity index is 2020. The van der Waals surface area contributed by atoms with Gasteiger partial charge in [-0.15, -0.1) is 0 Å². The molecule has 10 nitrogen and oxygen atoms in total. The van der Waals surface area contributed by atoms with Crippen molar-refractivity contribution in [3.8, 4) is 45.4 Å². The summed E-state index contributed by atoms with van der Waals surface area (Å²) >= 11 is 14.2. The highest BCUT2D eigenvalue weighted by molar-refractivity contribution is 6.39. The summed E-state index contributed by atoms with van der Waals surface area (Å²) in [6.07, 6.45) is 11.2. The van der Waals surface area contributed by atoms with Crippen LogP contribution in [0.3, 0.4) is 0 Å². The number of aryl methyl sites for hydroxylation is 1. The van der Waals surface area contributed by atoms with Crippen molar-refractivity contribution in [3.05, 3.63) is 100 Å². The van der Waals surface area contributed by atoms with E-state index in [1.165, 1.54) is 0 Å². The second-order valence-corrected chi connectivity index (χ2v) is 13.4. The number of carbonyl (C=O) groups excluding carboxylic acids is 1. The Hall–Kier alpha value is -4.64. The number of nitrogens with zero attached hydrogens (tertiary/aromatic N) is 5. The Morgan fingerprint density at radius 3 is 2.00 bits per heavy atom. The minimum Gasteiger partial charge on any atom is -0.480 e. The molecule has 50 heavy (non-hydrogen) atoms. The molecular formula is C38H37Cl2N7O3. The number of halogens is 2. The zero-order valence-electron chi connectivity index (χ0n) is 27.9. The van der Waals surface area contributed by atoms with Gasteiger partial charge in [-0.25, -0.2) is 9.97 Å². The molecule has 1 aliphatic carbocycles. The van der Waals surface area contributed by atoms with Gasteiger partial charge in [0.15, 0.2) is 0 Å². The first-order valence-electron chi connectivity index (χ1n) is 16.7. The third kappa shape index (κ3) is 7.01. The van der Waals surface area contributed by atoms with Crippen molar-refractivity contribution in [1.29, 1.82) is 0 Å². The zero-order chi connectivity index (χ0) is 34.7. The van der Waals surface area contributed by atoms with Crippen molar-refractivity contribution < 1.29 is 14.3 Å². The first kappa shape index (κ1) is 33.8. The second kappa shape index (κ2) is 14.7. The van der Waals surface area contributed by atoms with Gasteiger partial charge in [-0.1, -0.05) is 65.7 Å². The highest BCUT2D eigenvalue weighted by atomic mass is 35.5. The Labute approximate surface area is 301 Å². The predicted octanol–water partition coefficient (Wildman–Crippen LogP) is 7.37. The number of carbonyl (C=O) groups is 1. The van der Waals surface area contributed by atoms with Crippen molar-refractivity contribution in [1.82, 2.24) is 35.6 Å². The lowest BCUT2D eigenvalue weighted by Gasteiger charge is -2.18. The van der Waals surface area contributed by atoms with Crippen LogP contribution in [0.5, 0.6) is 11.8 Å². The Morgan fingerprint density at radius 1 is 0.820 bits per heavy atom. The molecule has 1 saturated heterocycles. The largest absolute Gasteiger partial charge is 0.480 e. The standard InChI is InChI=1S/C38H37Cl2N7O3/c1-49-36-28(13-5-8-23-15-16-33(48)45-23)42-20-29(46-36)26-11-6-9-24(34(26)39)25-10-7-12-27(35(25)40)30-21-43-31(37(47-30)50-2)22-44-38(17-18-38)32-14-3-4-19-41-32/h3-4,6-7,9-12,14,19-21,23,44H,5,8,13,15-18,22H2,1-2H3,(H,45,48)/t23-/m1/s1. The van der Waals surface area contributed by atoms with Crippen LogP contribution >= 0.6 is 23.2 Å². The van der Waals surface area contributed by atoms with Crippen LogP contribution in [0.25, 0.3) is 33.6 Å². The minimum absolute atomic E-state index is 0.124. The number of methoxy groups -OCH3 is 2. The third-order valence-electron chi connectivity index (χ3n) is 9.40. The van der Waals surface area contributed by atoms with E-state index < -0.39 is 0 Å². The molecule has 0 unspecified atom stereocenters. The van der Waals surface area contributed by atoms with Crippen LogP contribution in [0.1, 0.15) is 55.6 Å². The number of aromatic nitrogens is 5. The van der Waals surface area contributed by atoms with E-state index in [0.717, 1.165) is 54.6 Å². The van der Waals surface area contributed by atoms with E-state index in [2.05, 4.69) is 15.6 Å². The highest BCUT2D eigenvalue weighted by Gasteiger charge is 2.45. The molecule has 3 aromatic heterocycles. The molecule has 2 fully saturated rings. The molecule has 12 heteroatoms. The maximum Gasteiger partial charge on any atom is 0.237 e. The molecule has 256 valence electrons. The number of hydrogen-bond donors (Lipinski definition) is 2. The van der Waals surface area contributed by atoms with Gasteiger partial charge >= 0.3 is 0 Å². The SMILES string of the molecule is COc1nc(-c2cccc(-c3cccc(-c4cnc(CNC5(c6ccccn6)CC5)c(OC)n4)c3Cl)c2Cl)cnc1CCC[C@@H]1CCC(=O)N1. The molecule has 2 N–H and O–H groups in total. The normalized spacial score (nSPS) is 16.2. The summed E-state index contributed by atoms with van der Waals surface area (Å²) in [6.45, 7) is 0.484. The zero-order valence-corrected chi connectivity index (χ0v) is 29.4. The van der Waals surface area contributed by atoms with Crippen molar-refractivity contribution in [2.24, 2.45) is 0 Å². The van der Waals surface area contributed by atoms with E-state index >= 15 is 0 Å². The summed E-state index contributed by atoms with van der Waals surface area (Å²) in [5, 5.41) is 7.61. The van der Waals surface area contributed by atoms with Gasteiger partial charge in [0, 0.05) is 47.5 Å². The summed E-state index contributed by atoms with van der Waals surface area (Å²) in [4.78, 5) is 35.1. The lowest BCUT2D eigenvalue weighted by molar-refractivity contribution is -0.119. The summed E-state index contributed by atoms with van der Waals surface area (Å²) in [5.41, 5.74) is 6.40. The summed E-state index contributed by atoms with van der Waals surface area (Å²) in [7, 11) is 3.18. The molecule has 0 spiro atoms. The summed E-state index contributed by atoms with van der Waals surface area (Å²) in [6, 6.07) is 17.7. The van der Waals surface area contributed by atoms with Crippen molar-refractivity contribution in [2.75, 3.05) is 14.2 Å². The fourth-order valence-corrected chi connectivity index (χ4v) is 7.16. The van der Waals surface area contributed by atoms with Crippen molar-refractivity contribution >= 4 is 29.1 Å². The highest BCUT2D eigenvalue weighted by Crippen LogP contribution is 2.45. The van der Waals surface area contributed by atoms with Gasteiger partial charge in [0.05, 0.1) is 59.3 Å². The average molecular weight is 711 g/mol.